The smallest absolute Gasteiger partial charge is 0.255 e. The zero-order valence-corrected chi connectivity index (χ0v) is 18.5. The number of anilines is 1. The van der Waals surface area contributed by atoms with Gasteiger partial charge in [-0.2, -0.15) is 5.26 Å². The van der Waals surface area contributed by atoms with Gasteiger partial charge in [0, 0.05) is 22.5 Å². The van der Waals surface area contributed by atoms with Crippen LogP contribution in [0.1, 0.15) is 27.0 Å². The van der Waals surface area contributed by atoms with Gasteiger partial charge in [-0.15, -0.1) is 0 Å². The number of likely N-dealkylation sites (N-methyl/N-ethyl adjacent to an activating group) is 1. The predicted octanol–water partition coefficient (Wildman–Crippen LogP) is 5.04. The van der Waals surface area contributed by atoms with Crippen molar-refractivity contribution >= 4 is 29.3 Å². The molecule has 0 spiro atoms. The number of rotatable bonds is 6. The lowest BCUT2D eigenvalue weighted by molar-refractivity contribution is -0.116. The van der Waals surface area contributed by atoms with Crippen molar-refractivity contribution in [3.8, 4) is 6.07 Å². The van der Waals surface area contributed by atoms with Crippen LogP contribution in [0, 0.1) is 25.2 Å². The number of benzene rings is 3. The Morgan fingerprint density at radius 2 is 1.65 bits per heavy atom. The predicted molar refractivity (Wildman–Crippen MR) is 123 cm³/mol. The maximum absolute atomic E-state index is 13.1. The van der Waals surface area contributed by atoms with Gasteiger partial charge in [0.2, 0.25) is 5.91 Å². The molecule has 3 aromatic carbocycles. The van der Waals surface area contributed by atoms with Gasteiger partial charge in [-0.1, -0.05) is 48.2 Å². The van der Waals surface area contributed by atoms with Crippen LogP contribution in [0.4, 0.5) is 5.69 Å². The van der Waals surface area contributed by atoms with Gasteiger partial charge in [-0.05, 0) is 55.3 Å². The summed E-state index contributed by atoms with van der Waals surface area (Å²) in [7, 11) is 1.61. The van der Waals surface area contributed by atoms with E-state index in [1.54, 1.807) is 25.2 Å². The molecule has 1 N–H and O–H groups in total. The zero-order chi connectivity index (χ0) is 22.4. The molecule has 0 aliphatic heterocycles. The molecule has 0 atom stereocenters. The Morgan fingerprint density at radius 1 is 0.968 bits per heavy atom. The first kappa shape index (κ1) is 22.1. The van der Waals surface area contributed by atoms with E-state index in [1.807, 2.05) is 62.4 Å². The Balaban J connectivity index is 1.74. The maximum atomic E-state index is 13.1. The first-order valence-corrected chi connectivity index (χ1v) is 10.6. The average molecular weight is 430 g/mol. The van der Waals surface area contributed by atoms with Crippen molar-refractivity contribution in [2.45, 2.75) is 23.6 Å². The number of amides is 2. The first-order chi connectivity index (χ1) is 14.9. The van der Waals surface area contributed by atoms with Crippen LogP contribution < -0.4 is 5.32 Å². The fourth-order valence-electron chi connectivity index (χ4n) is 3.07. The minimum Gasteiger partial charge on any atom is -0.332 e. The number of nitriles is 1. The van der Waals surface area contributed by atoms with E-state index in [-0.39, 0.29) is 18.4 Å². The second-order valence-electron chi connectivity index (χ2n) is 7.16. The molecule has 3 aromatic rings. The molecule has 2 amide bonds. The molecule has 0 saturated heterocycles. The first-order valence-electron chi connectivity index (χ1n) is 9.78. The van der Waals surface area contributed by atoms with E-state index in [0.717, 1.165) is 26.6 Å². The van der Waals surface area contributed by atoms with E-state index in [4.69, 9.17) is 0 Å². The topological polar surface area (TPSA) is 73.2 Å². The second-order valence-corrected chi connectivity index (χ2v) is 8.25. The van der Waals surface area contributed by atoms with Crippen LogP contribution in [0.2, 0.25) is 0 Å². The van der Waals surface area contributed by atoms with Gasteiger partial charge in [0.1, 0.15) is 6.07 Å². The van der Waals surface area contributed by atoms with E-state index in [9.17, 15) is 14.9 Å². The number of hydrogen-bond donors (Lipinski definition) is 1. The highest BCUT2D eigenvalue weighted by Crippen LogP contribution is 2.33. The highest BCUT2D eigenvalue weighted by atomic mass is 32.2. The summed E-state index contributed by atoms with van der Waals surface area (Å²) in [6.45, 7) is 3.87. The van der Waals surface area contributed by atoms with Gasteiger partial charge in [0.05, 0.1) is 17.7 Å². The number of carbonyl (C=O) groups is 2. The lowest BCUT2D eigenvalue weighted by atomic mass is 10.1. The molecule has 0 saturated carbocycles. The van der Waals surface area contributed by atoms with E-state index >= 15 is 0 Å². The third-order valence-electron chi connectivity index (χ3n) is 4.95. The zero-order valence-electron chi connectivity index (χ0n) is 17.7. The van der Waals surface area contributed by atoms with Gasteiger partial charge in [-0.25, -0.2) is 0 Å². The lowest BCUT2D eigenvalue weighted by Crippen LogP contribution is -2.35. The Hall–Kier alpha value is -3.56. The number of nitrogens with one attached hydrogen (secondary N) is 1. The minimum atomic E-state index is -0.260. The van der Waals surface area contributed by atoms with Crippen LogP contribution in [0.15, 0.2) is 76.5 Å². The van der Waals surface area contributed by atoms with Crippen LogP contribution in [-0.4, -0.2) is 30.3 Å². The number of hydrogen-bond acceptors (Lipinski definition) is 4. The standard InChI is InChI=1S/C25H23N3O2S/c1-17-9-8-12-21(18(17)2)27-24(29)16-28(3)25(30)20-11-5-7-14-23(20)31-22-13-6-4-10-19(22)15-26/h4-14H,16H2,1-3H3,(H,27,29). The average Bonchev–Trinajstić information content (AvgIpc) is 2.77. The van der Waals surface area contributed by atoms with Crippen molar-refractivity contribution in [2.24, 2.45) is 0 Å². The molecule has 0 bridgehead atoms. The molecule has 3 rings (SSSR count). The van der Waals surface area contributed by atoms with Gasteiger partial charge < -0.3 is 10.2 Å². The summed E-state index contributed by atoms with van der Waals surface area (Å²) in [4.78, 5) is 28.5. The molecule has 6 heteroatoms. The van der Waals surface area contributed by atoms with E-state index in [1.165, 1.54) is 16.7 Å². The fourth-order valence-corrected chi connectivity index (χ4v) is 4.09. The van der Waals surface area contributed by atoms with Gasteiger partial charge >= 0.3 is 0 Å². The second kappa shape index (κ2) is 9.96. The van der Waals surface area contributed by atoms with Crippen molar-refractivity contribution in [1.29, 1.82) is 5.26 Å². The summed E-state index contributed by atoms with van der Waals surface area (Å²) in [5, 5.41) is 12.2. The van der Waals surface area contributed by atoms with E-state index in [0.29, 0.717) is 11.1 Å². The summed E-state index contributed by atoms with van der Waals surface area (Å²) in [5.41, 5.74) is 3.88. The maximum Gasteiger partial charge on any atom is 0.255 e. The van der Waals surface area contributed by atoms with Crippen LogP contribution in [-0.2, 0) is 4.79 Å². The van der Waals surface area contributed by atoms with Crippen LogP contribution in [0.25, 0.3) is 0 Å². The summed E-state index contributed by atoms with van der Waals surface area (Å²) in [6, 6.07) is 22.4. The lowest BCUT2D eigenvalue weighted by Gasteiger charge is -2.19. The quantitative estimate of drug-likeness (QED) is 0.596. The summed E-state index contributed by atoms with van der Waals surface area (Å²) >= 11 is 1.37. The summed E-state index contributed by atoms with van der Waals surface area (Å²) in [5.74, 6) is -0.516. The van der Waals surface area contributed by atoms with Crippen LogP contribution in [0.3, 0.4) is 0 Å². The van der Waals surface area contributed by atoms with E-state index < -0.39 is 0 Å². The molecule has 0 fully saturated rings. The third-order valence-corrected chi connectivity index (χ3v) is 6.10. The highest BCUT2D eigenvalue weighted by molar-refractivity contribution is 7.99. The Morgan fingerprint density at radius 3 is 2.39 bits per heavy atom. The molecular formula is C25H23N3O2S. The molecular weight excluding hydrogens is 406 g/mol. The Bertz CT molecular complexity index is 1170. The molecule has 5 nitrogen and oxygen atoms in total. The van der Waals surface area contributed by atoms with Crippen molar-refractivity contribution in [2.75, 3.05) is 18.9 Å². The molecule has 0 unspecified atom stereocenters. The summed E-state index contributed by atoms with van der Waals surface area (Å²) in [6.07, 6.45) is 0. The van der Waals surface area contributed by atoms with Gasteiger partial charge in [0.15, 0.2) is 0 Å². The van der Waals surface area contributed by atoms with Crippen molar-refractivity contribution in [1.82, 2.24) is 4.90 Å². The molecule has 0 aliphatic carbocycles. The Labute approximate surface area is 186 Å². The molecule has 0 heterocycles. The number of nitrogens with zero attached hydrogens (tertiary/aromatic N) is 2. The fraction of sp³-hybridized carbons (Fsp3) is 0.160. The summed E-state index contributed by atoms with van der Waals surface area (Å²) < 4.78 is 0. The molecule has 0 aliphatic rings. The largest absolute Gasteiger partial charge is 0.332 e. The normalized spacial score (nSPS) is 10.3. The van der Waals surface area contributed by atoms with Crippen molar-refractivity contribution < 1.29 is 9.59 Å². The number of aryl methyl sites for hydroxylation is 1. The van der Waals surface area contributed by atoms with Crippen LogP contribution >= 0.6 is 11.8 Å². The molecule has 31 heavy (non-hydrogen) atoms. The van der Waals surface area contributed by atoms with Gasteiger partial charge in [-0.3, -0.25) is 9.59 Å². The minimum absolute atomic E-state index is 0.0694. The van der Waals surface area contributed by atoms with Crippen molar-refractivity contribution in [3.63, 3.8) is 0 Å². The molecule has 0 radical (unpaired) electrons. The molecule has 0 aromatic heterocycles. The SMILES string of the molecule is Cc1cccc(NC(=O)CN(C)C(=O)c2ccccc2Sc2ccccc2C#N)c1C. The van der Waals surface area contributed by atoms with Crippen LogP contribution in [0.5, 0.6) is 0 Å². The van der Waals surface area contributed by atoms with E-state index in [2.05, 4.69) is 11.4 Å². The Kier molecular flexibility index (Phi) is 7.11. The highest BCUT2D eigenvalue weighted by Gasteiger charge is 2.19. The third kappa shape index (κ3) is 5.33. The van der Waals surface area contributed by atoms with Crippen molar-refractivity contribution in [3.05, 3.63) is 89.0 Å². The molecule has 156 valence electrons. The monoisotopic (exact) mass is 429 g/mol. The number of carbonyl (C=O) groups excluding carboxylic acids is 2. The van der Waals surface area contributed by atoms with Gasteiger partial charge in [0.25, 0.3) is 5.91 Å².